The molecule has 0 aliphatic carbocycles. The number of nitrogens with zero attached hydrogens (tertiary/aromatic N) is 5. The zero-order chi connectivity index (χ0) is 26.0. The Morgan fingerprint density at radius 3 is 2.47 bits per heavy atom. The third-order valence-electron chi connectivity index (χ3n) is 5.78. The van der Waals surface area contributed by atoms with E-state index in [0.29, 0.717) is 23.4 Å². The van der Waals surface area contributed by atoms with E-state index in [-0.39, 0.29) is 22.6 Å². The number of halogens is 2. The van der Waals surface area contributed by atoms with E-state index < -0.39 is 23.3 Å². The molecule has 0 aliphatic rings. The Bertz CT molecular complexity index is 1460. The minimum atomic E-state index is -0.638. The van der Waals surface area contributed by atoms with Gasteiger partial charge in [0.2, 0.25) is 0 Å². The van der Waals surface area contributed by atoms with E-state index in [4.69, 9.17) is 16.3 Å². The number of carbonyl (C=O) groups excluding carboxylic acids is 1. The maximum absolute atomic E-state index is 15.4. The largest absolute Gasteiger partial charge is 0.423 e. The third kappa shape index (κ3) is 5.06. The van der Waals surface area contributed by atoms with Crippen LogP contribution < -0.4 is 10.3 Å². The molecule has 0 saturated heterocycles. The Balaban J connectivity index is 1.76. The van der Waals surface area contributed by atoms with Gasteiger partial charge in [0.25, 0.3) is 5.56 Å². The summed E-state index contributed by atoms with van der Waals surface area (Å²) >= 11 is 6.53. The number of aromatic nitrogens is 5. The van der Waals surface area contributed by atoms with Gasteiger partial charge in [0.1, 0.15) is 24.2 Å². The minimum absolute atomic E-state index is 0.0133. The lowest BCUT2D eigenvalue weighted by molar-refractivity contribution is -0.137. The maximum atomic E-state index is 15.4. The first-order chi connectivity index (χ1) is 17.2. The van der Waals surface area contributed by atoms with Crippen LogP contribution in [0.5, 0.6) is 5.75 Å². The molecule has 2 aromatic heterocycles. The van der Waals surface area contributed by atoms with E-state index in [9.17, 15) is 9.59 Å². The van der Waals surface area contributed by atoms with Crippen molar-refractivity contribution in [2.24, 2.45) is 13.0 Å². The fraction of sp³-hybridized carbons (Fsp3) is 0.269. The first-order valence-corrected chi connectivity index (χ1v) is 11.8. The van der Waals surface area contributed by atoms with Gasteiger partial charge in [-0.25, -0.2) is 18.7 Å². The minimum Gasteiger partial charge on any atom is -0.423 e. The predicted molar refractivity (Wildman–Crippen MR) is 134 cm³/mol. The first kappa shape index (κ1) is 25.2. The molecule has 2 heterocycles. The van der Waals surface area contributed by atoms with Crippen molar-refractivity contribution < 1.29 is 13.9 Å². The predicted octanol–water partition coefficient (Wildman–Crippen LogP) is 4.48. The summed E-state index contributed by atoms with van der Waals surface area (Å²) in [5.41, 5.74) is 1.92. The van der Waals surface area contributed by atoms with Crippen molar-refractivity contribution in [1.82, 2.24) is 24.5 Å². The zero-order valence-electron chi connectivity index (χ0n) is 20.3. The maximum Gasteiger partial charge on any atom is 0.313 e. The van der Waals surface area contributed by atoms with Gasteiger partial charge in [-0.15, -0.1) is 0 Å². The number of hydrogen-bond donors (Lipinski definition) is 0. The van der Waals surface area contributed by atoms with Gasteiger partial charge in [-0.3, -0.25) is 9.59 Å². The highest BCUT2D eigenvalue weighted by Gasteiger charge is 2.26. The Morgan fingerprint density at radius 1 is 1.11 bits per heavy atom. The van der Waals surface area contributed by atoms with Crippen LogP contribution in [0, 0.1) is 18.7 Å². The lowest BCUT2D eigenvalue weighted by Gasteiger charge is -2.18. The Morgan fingerprint density at radius 2 is 1.83 bits per heavy atom. The monoisotopic (exact) mass is 509 g/mol. The lowest BCUT2D eigenvalue weighted by atomic mass is 9.94. The van der Waals surface area contributed by atoms with E-state index in [1.807, 2.05) is 24.3 Å². The van der Waals surface area contributed by atoms with Crippen molar-refractivity contribution in [1.29, 1.82) is 0 Å². The summed E-state index contributed by atoms with van der Waals surface area (Å²) in [5, 5.41) is 8.56. The highest BCUT2D eigenvalue weighted by atomic mass is 35.5. The Hall–Kier alpha value is -3.85. The average molecular weight is 510 g/mol. The summed E-state index contributed by atoms with van der Waals surface area (Å²) in [7, 11) is 1.46. The summed E-state index contributed by atoms with van der Waals surface area (Å²) < 4.78 is 23.7. The van der Waals surface area contributed by atoms with Crippen LogP contribution in [0.3, 0.4) is 0 Å². The molecule has 0 aliphatic heterocycles. The van der Waals surface area contributed by atoms with E-state index >= 15 is 4.39 Å². The molecule has 0 bridgehead atoms. The molecule has 0 spiro atoms. The van der Waals surface area contributed by atoms with Crippen molar-refractivity contribution in [3.8, 4) is 22.6 Å². The highest BCUT2D eigenvalue weighted by molar-refractivity contribution is 6.31. The summed E-state index contributed by atoms with van der Waals surface area (Å²) in [4.78, 5) is 29.6. The van der Waals surface area contributed by atoms with Crippen LogP contribution in [-0.2, 0) is 24.7 Å². The molecule has 0 radical (unpaired) electrons. The van der Waals surface area contributed by atoms with Crippen LogP contribution in [0.15, 0.2) is 53.8 Å². The van der Waals surface area contributed by atoms with Crippen LogP contribution in [0.25, 0.3) is 16.8 Å². The van der Waals surface area contributed by atoms with Crippen LogP contribution >= 0.6 is 11.6 Å². The Labute approximate surface area is 212 Å². The fourth-order valence-electron chi connectivity index (χ4n) is 3.85. The van der Waals surface area contributed by atoms with Crippen LogP contribution in [-0.4, -0.2) is 30.5 Å². The van der Waals surface area contributed by atoms with Crippen molar-refractivity contribution in [3.05, 3.63) is 87.1 Å². The number of rotatable bonds is 7. The fourth-order valence-corrected chi connectivity index (χ4v) is 4.11. The Kier molecular flexibility index (Phi) is 7.30. The second-order valence-corrected chi connectivity index (χ2v) is 9.09. The molecule has 186 valence electrons. The smallest absolute Gasteiger partial charge is 0.313 e. The van der Waals surface area contributed by atoms with E-state index in [1.54, 1.807) is 31.8 Å². The molecule has 0 amide bonds. The van der Waals surface area contributed by atoms with Crippen LogP contribution in [0.1, 0.15) is 30.7 Å². The van der Waals surface area contributed by atoms with Gasteiger partial charge in [-0.05, 0) is 55.2 Å². The SMILES string of the molecule is Cc1nn(C)c(=O)c(-c2c(F)ccc(Cl)c2CCc2ccc(-n3cncn3)cc2)c1OC(=O)C(C)C. The zero-order valence-corrected chi connectivity index (χ0v) is 21.1. The molecule has 0 unspecified atom stereocenters. The van der Waals surface area contributed by atoms with Crippen molar-refractivity contribution >= 4 is 17.6 Å². The molecule has 0 fully saturated rings. The topological polar surface area (TPSA) is 91.9 Å². The first-order valence-electron chi connectivity index (χ1n) is 11.4. The average Bonchev–Trinajstić information content (AvgIpc) is 3.39. The molecule has 10 heteroatoms. The number of esters is 1. The number of ether oxygens (including phenoxy) is 1. The van der Waals surface area contributed by atoms with Gasteiger partial charge >= 0.3 is 5.97 Å². The van der Waals surface area contributed by atoms with Crippen LogP contribution in [0.4, 0.5) is 4.39 Å². The quantitative estimate of drug-likeness (QED) is 0.341. The molecule has 0 saturated carbocycles. The van der Waals surface area contributed by atoms with E-state index in [0.717, 1.165) is 15.9 Å². The number of benzene rings is 2. The molecule has 2 aromatic carbocycles. The second-order valence-electron chi connectivity index (χ2n) is 8.68. The molecular weight excluding hydrogens is 485 g/mol. The van der Waals surface area contributed by atoms with Gasteiger partial charge in [0.15, 0.2) is 5.75 Å². The molecule has 0 atom stereocenters. The molecule has 8 nitrogen and oxygen atoms in total. The van der Waals surface area contributed by atoms with Gasteiger partial charge in [0.05, 0.1) is 17.2 Å². The van der Waals surface area contributed by atoms with Gasteiger partial charge in [0, 0.05) is 17.6 Å². The molecular formula is C26H25ClFN5O3. The summed E-state index contributed by atoms with van der Waals surface area (Å²) in [5.74, 6) is -1.70. The summed E-state index contributed by atoms with van der Waals surface area (Å²) in [6.45, 7) is 4.95. The molecule has 4 rings (SSSR count). The van der Waals surface area contributed by atoms with Crippen LogP contribution in [0.2, 0.25) is 5.02 Å². The molecule has 36 heavy (non-hydrogen) atoms. The van der Waals surface area contributed by atoms with Crippen molar-refractivity contribution in [2.45, 2.75) is 33.6 Å². The van der Waals surface area contributed by atoms with E-state index in [2.05, 4.69) is 15.2 Å². The molecule has 4 aromatic rings. The molecule has 0 N–H and O–H groups in total. The third-order valence-corrected chi connectivity index (χ3v) is 6.13. The number of hydrogen-bond acceptors (Lipinski definition) is 6. The normalized spacial score (nSPS) is 11.2. The number of aryl methyl sites for hydroxylation is 3. The number of carbonyl (C=O) groups is 1. The van der Waals surface area contributed by atoms with Crippen molar-refractivity contribution in [3.63, 3.8) is 0 Å². The van der Waals surface area contributed by atoms with Gasteiger partial charge < -0.3 is 4.74 Å². The van der Waals surface area contributed by atoms with Crippen molar-refractivity contribution in [2.75, 3.05) is 0 Å². The summed E-state index contributed by atoms with van der Waals surface area (Å²) in [6.07, 6.45) is 3.93. The highest BCUT2D eigenvalue weighted by Crippen LogP contribution is 2.37. The van der Waals surface area contributed by atoms with Gasteiger partial charge in [-0.2, -0.15) is 10.2 Å². The van der Waals surface area contributed by atoms with E-state index in [1.165, 1.54) is 25.5 Å². The summed E-state index contributed by atoms with van der Waals surface area (Å²) in [6, 6.07) is 10.4. The lowest BCUT2D eigenvalue weighted by Crippen LogP contribution is -2.26. The second kappa shape index (κ2) is 10.4. The van der Waals surface area contributed by atoms with Gasteiger partial charge in [-0.1, -0.05) is 37.6 Å². The standard InChI is InChI=1S/C26H25ClFN5O3/c1-15(2)26(35)36-24-16(3)31-32(4)25(34)23(24)22-19(20(27)11-12-21(22)28)10-7-17-5-8-18(9-6-17)33-14-29-13-30-33/h5-6,8-9,11-15H,7,10H2,1-4H3.